The third kappa shape index (κ3) is 9.96. The predicted octanol–water partition coefficient (Wildman–Crippen LogP) is 2.33. The Balaban J connectivity index is 1.71. The third-order valence-electron chi connectivity index (χ3n) is 6.24. The number of amides is 2. The highest BCUT2D eigenvalue weighted by atomic mass is 16.5. The molecule has 0 bridgehead atoms. The fourth-order valence-corrected chi connectivity index (χ4v) is 4.16. The lowest BCUT2D eigenvalue weighted by molar-refractivity contribution is -0.125. The molecule has 0 aliphatic heterocycles. The molecule has 1 aromatic heterocycles. The second-order valence-corrected chi connectivity index (χ2v) is 9.29. The zero-order valence-electron chi connectivity index (χ0n) is 22.3. The molecule has 0 unspecified atom stereocenters. The van der Waals surface area contributed by atoms with Gasteiger partial charge in [0.05, 0.1) is 24.8 Å². The fourth-order valence-electron chi connectivity index (χ4n) is 4.16. The Kier molecular flexibility index (Phi) is 11.6. The van der Waals surface area contributed by atoms with Gasteiger partial charge < -0.3 is 21.5 Å². The van der Waals surface area contributed by atoms with Crippen LogP contribution in [0.3, 0.4) is 0 Å². The van der Waals surface area contributed by atoms with Crippen molar-refractivity contribution in [1.29, 1.82) is 0 Å². The van der Waals surface area contributed by atoms with Gasteiger partial charge in [-0.25, -0.2) is 0 Å². The Labute approximate surface area is 229 Å². The number of pyridine rings is 1. The maximum Gasteiger partial charge on any atom is 0.230 e. The van der Waals surface area contributed by atoms with Crippen molar-refractivity contribution in [1.82, 2.24) is 15.2 Å². The van der Waals surface area contributed by atoms with Crippen molar-refractivity contribution in [3.05, 3.63) is 95.3 Å². The van der Waals surface area contributed by atoms with E-state index in [0.29, 0.717) is 25.4 Å². The van der Waals surface area contributed by atoms with Gasteiger partial charge in [-0.2, -0.15) is 0 Å². The number of ketones is 1. The van der Waals surface area contributed by atoms with Crippen molar-refractivity contribution in [2.45, 2.75) is 38.8 Å². The number of aromatic nitrogens is 1. The molecule has 0 saturated carbocycles. The molecule has 1 atom stereocenters. The molecular formula is C30H37N5O4. The Morgan fingerprint density at radius 1 is 0.974 bits per heavy atom. The van der Waals surface area contributed by atoms with E-state index in [2.05, 4.69) is 10.3 Å². The van der Waals surface area contributed by atoms with Crippen LogP contribution < -0.4 is 21.5 Å². The van der Waals surface area contributed by atoms with Gasteiger partial charge in [0.15, 0.2) is 5.78 Å². The summed E-state index contributed by atoms with van der Waals surface area (Å²) in [5.41, 5.74) is 14.5. The smallest absolute Gasteiger partial charge is 0.230 e. The maximum atomic E-state index is 13.4. The minimum absolute atomic E-state index is 0.0381. The lowest BCUT2D eigenvalue weighted by atomic mass is 10.0. The number of benzene rings is 2. The number of carbonyl (C=O) groups excluding carboxylic acids is 3. The number of rotatable bonds is 16. The molecule has 39 heavy (non-hydrogen) atoms. The molecule has 9 nitrogen and oxygen atoms in total. The van der Waals surface area contributed by atoms with Crippen molar-refractivity contribution in [3.63, 3.8) is 0 Å². The SMILES string of the molecule is CCOc1ccc(CC(=O)CN(CCC(N)=O)C[C@H](C(=O)NCc2ccc(CN)cc2)c2ccccn2)cc1. The van der Waals surface area contributed by atoms with E-state index in [9.17, 15) is 14.4 Å². The summed E-state index contributed by atoms with van der Waals surface area (Å²) in [7, 11) is 0. The molecule has 0 aliphatic carbocycles. The zero-order chi connectivity index (χ0) is 28.0. The molecular weight excluding hydrogens is 494 g/mol. The number of ether oxygens (including phenoxy) is 1. The predicted molar refractivity (Wildman–Crippen MR) is 150 cm³/mol. The van der Waals surface area contributed by atoms with Crippen LogP contribution in [0, 0.1) is 0 Å². The molecule has 206 valence electrons. The van der Waals surface area contributed by atoms with Gasteiger partial charge in [-0.05, 0) is 47.9 Å². The van der Waals surface area contributed by atoms with Crippen molar-refractivity contribution in [3.8, 4) is 5.75 Å². The molecule has 2 amide bonds. The minimum atomic E-state index is -0.652. The molecule has 0 saturated heterocycles. The second-order valence-electron chi connectivity index (χ2n) is 9.29. The van der Waals surface area contributed by atoms with Crippen molar-refractivity contribution in [2.75, 3.05) is 26.2 Å². The lowest BCUT2D eigenvalue weighted by Crippen LogP contribution is -2.41. The van der Waals surface area contributed by atoms with E-state index in [1.807, 2.05) is 61.5 Å². The lowest BCUT2D eigenvalue weighted by Gasteiger charge is -2.26. The standard InChI is InChI=1S/C30H37N5O4/c1-2-39-26-12-10-22(11-13-26)17-25(36)20-35(16-14-29(32)37)21-27(28-5-3-4-15-33-28)30(38)34-19-24-8-6-23(18-31)7-9-24/h3-13,15,27H,2,14,16-21,31H2,1H3,(H2,32,37)(H,34,38)/t27-/m0/s1. The van der Waals surface area contributed by atoms with E-state index in [1.165, 1.54) is 0 Å². The number of nitrogens with two attached hydrogens (primary N) is 2. The van der Waals surface area contributed by atoms with Gasteiger partial charge in [0.1, 0.15) is 5.75 Å². The number of Topliss-reactive ketones (excluding diaryl/α,β-unsaturated/α-hetero) is 1. The Hall–Kier alpha value is -4.08. The minimum Gasteiger partial charge on any atom is -0.494 e. The summed E-state index contributed by atoms with van der Waals surface area (Å²) < 4.78 is 5.47. The largest absolute Gasteiger partial charge is 0.494 e. The molecule has 3 aromatic rings. The van der Waals surface area contributed by atoms with Gasteiger partial charge in [0.25, 0.3) is 0 Å². The van der Waals surface area contributed by atoms with Gasteiger partial charge in [-0.3, -0.25) is 24.3 Å². The van der Waals surface area contributed by atoms with Gasteiger partial charge in [-0.1, -0.05) is 42.5 Å². The summed E-state index contributed by atoms with van der Waals surface area (Å²) >= 11 is 0. The van der Waals surface area contributed by atoms with Crippen LogP contribution in [0.25, 0.3) is 0 Å². The number of hydrogen-bond donors (Lipinski definition) is 3. The molecule has 5 N–H and O–H groups in total. The quantitative estimate of drug-likeness (QED) is 0.258. The van der Waals surface area contributed by atoms with E-state index in [-0.39, 0.29) is 44.2 Å². The van der Waals surface area contributed by atoms with Gasteiger partial charge in [0.2, 0.25) is 11.8 Å². The molecule has 9 heteroatoms. The highest BCUT2D eigenvalue weighted by Crippen LogP contribution is 2.17. The van der Waals surface area contributed by atoms with Gasteiger partial charge in [-0.15, -0.1) is 0 Å². The third-order valence-corrected chi connectivity index (χ3v) is 6.24. The van der Waals surface area contributed by atoms with Crippen LogP contribution in [0.4, 0.5) is 0 Å². The Bertz CT molecular complexity index is 1200. The average Bonchev–Trinajstić information content (AvgIpc) is 2.95. The number of hydrogen-bond acceptors (Lipinski definition) is 7. The molecule has 0 radical (unpaired) electrons. The van der Waals surface area contributed by atoms with Crippen molar-refractivity contribution < 1.29 is 19.1 Å². The highest BCUT2D eigenvalue weighted by Gasteiger charge is 2.26. The number of carbonyl (C=O) groups is 3. The van der Waals surface area contributed by atoms with Crippen LogP contribution in [0.2, 0.25) is 0 Å². The van der Waals surface area contributed by atoms with Crippen molar-refractivity contribution in [2.24, 2.45) is 11.5 Å². The van der Waals surface area contributed by atoms with Crippen LogP contribution in [-0.2, 0) is 33.9 Å². The van der Waals surface area contributed by atoms with Crippen molar-refractivity contribution >= 4 is 17.6 Å². The fraction of sp³-hybridized carbons (Fsp3) is 0.333. The molecule has 2 aromatic carbocycles. The monoisotopic (exact) mass is 531 g/mol. The molecule has 0 aliphatic rings. The molecule has 3 rings (SSSR count). The highest BCUT2D eigenvalue weighted by molar-refractivity contribution is 5.84. The summed E-state index contributed by atoms with van der Waals surface area (Å²) in [6.07, 6.45) is 1.92. The number of nitrogens with one attached hydrogen (secondary N) is 1. The van der Waals surface area contributed by atoms with Crippen LogP contribution in [0.5, 0.6) is 5.75 Å². The summed E-state index contributed by atoms with van der Waals surface area (Å²) in [5.74, 6) is -0.640. The number of nitrogens with zero attached hydrogens (tertiary/aromatic N) is 2. The summed E-state index contributed by atoms with van der Waals surface area (Å²) in [5, 5.41) is 2.99. The maximum absolute atomic E-state index is 13.4. The van der Waals surface area contributed by atoms with Gasteiger partial charge in [0, 0.05) is 45.2 Å². The zero-order valence-corrected chi connectivity index (χ0v) is 22.3. The van der Waals surface area contributed by atoms with E-state index in [0.717, 1.165) is 22.4 Å². The first-order chi connectivity index (χ1) is 18.9. The normalized spacial score (nSPS) is 11.7. The molecule has 0 fully saturated rings. The van der Waals surface area contributed by atoms with E-state index < -0.39 is 11.8 Å². The van der Waals surface area contributed by atoms with E-state index in [1.54, 1.807) is 23.2 Å². The van der Waals surface area contributed by atoms with Crippen LogP contribution >= 0.6 is 0 Å². The molecule has 1 heterocycles. The van der Waals surface area contributed by atoms with Crippen LogP contribution in [0.1, 0.15) is 41.6 Å². The summed E-state index contributed by atoms with van der Waals surface area (Å²) in [6.45, 7) is 3.79. The van der Waals surface area contributed by atoms with Crippen LogP contribution in [-0.4, -0.2) is 53.7 Å². The summed E-state index contributed by atoms with van der Waals surface area (Å²) in [4.78, 5) is 44.2. The first kappa shape index (κ1) is 29.5. The van der Waals surface area contributed by atoms with E-state index >= 15 is 0 Å². The topological polar surface area (TPSA) is 141 Å². The van der Waals surface area contributed by atoms with Crippen LogP contribution in [0.15, 0.2) is 72.9 Å². The van der Waals surface area contributed by atoms with Gasteiger partial charge >= 0.3 is 0 Å². The Morgan fingerprint density at radius 2 is 1.67 bits per heavy atom. The molecule has 0 spiro atoms. The van der Waals surface area contributed by atoms with E-state index in [4.69, 9.17) is 16.2 Å². The Morgan fingerprint density at radius 3 is 2.28 bits per heavy atom. The summed E-state index contributed by atoms with van der Waals surface area (Å²) in [6, 6.07) is 20.5. The number of primary amides is 1. The first-order valence-electron chi connectivity index (χ1n) is 13.1. The first-order valence-corrected chi connectivity index (χ1v) is 13.1. The second kappa shape index (κ2) is 15.4. The average molecular weight is 532 g/mol.